The van der Waals surface area contributed by atoms with Gasteiger partial charge in [-0.2, -0.15) is 4.31 Å². The van der Waals surface area contributed by atoms with Gasteiger partial charge < -0.3 is 14.8 Å². The number of aromatic nitrogens is 1. The van der Waals surface area contributed by atoms with Gasteiger partial charge in [-0.1, -0.05) is 30.3 Å². The summed E-state index contributed by atoms with van der Waals surface area (Å²) < 4.78 is 37.4. The molecule has 1 N–H and O–H groups in total. The van der Waals surface area contributed by atoms with Gasteiger partial charge in [-0.3, -0.25) is 9.78 Å². The minimum Gasteiger partial charge on any atom is -0.452 e. The Balaban J connectivity index is 1.37. The predicted molar refractivity (Wildman–Crippen MR) is 131 cm³/mol. The summed E-state index contributed by atoms with van der Waals surface area (Å²) in [5.74, 6) is -1.27. The van der Waals surface area contributed by atoms with Crippen molar-refractivity contribution in [1.29, 1.82) is 0 Å². The van der Waals surface area contributed by atoms with E-state index >= 15 is 0 Å². The van der Waals surface area contributed by atoms with Crippen LogP contribution in [0.4, 0.5) is 5.69 Å². The molecule has 35 heavy (non-hydrogen) atoms. The van der Waals surface area contributed by atoms with Gasteiger partial charge in [0.2, 0.25) is 10.0 Å². The Hall–Kier alpha value is -3.60. The summed E-state index contributed by atoms with van der Waals surface area (Å²) in [6.07, 6.45) is 4.49. The van der Waals surface area contributed by atoms with Gasteiger partial charge in [-0.05, 0) is 36.8 Å². The molecule has 0 radical (unpaired) electrons. The summed E-state index contributed by atoms with van der Waals surface area (Å²) in [5.41, 5.74) is 2.50. The number of anilines is 1. The number of nitrogens with zero attached hydrogens (tertiary/aromatic N) is 2. The third-order valence-corrected chi connectivity index (χ3v) is 7.39. The van der Waals surface area contributed by atoms with E-state index in [2.05, 4.69) is 10.3 Å². The highest BCUT2D eigenvalue weighted by molar-refractivity contribution is 7.89. The van der Waals surface area contributed by atoms with Crippen molar-refractivity contribution < 1.29 is 27.5 Å². The molecule has 2 aromatic carbocycles. The van der Waals surface area contributed by atoms with Crippen LogP contribution in [0.2, 0.25) is 0 Å². The second-order valence-electron chi connectivity index (χ2n) is 7.90. The maximum atomic E-state index is 12.9. The highest BCUT2D eigenvalue weighted by Crippen LogP contribution is 2.24. The predicted octanol–water partition coefficient (Wildman–Crippen LogP) is 2.76. The van der Waals surface area contributed by atoms with Crippen molar-refractivity contribution in [3.8, 4) is 0 Å². The molecule has 1 aliphatic rings. The number of hydrogen-bond acceptors (Lipinski definition) is 7. The number of ether oxygens (including phenoxy) is 2. The lowest BCUT2D eigenvalue weighted by Gasteiger charge is -2.26. The van der Waals surface area contributed by atoms with Crippen LogP contribution in [-0.4, -0.2) is 62.5 Å². The first-order valence-electron chi connectivity index (χ1n) is 11.0. The summed E-state index contributed by atoms with van der Waals surface area (Å²) in [4.78, 5) is 28.9. The monoisotopic (exact) mass is 495 g/mol. The van der Waals surface area contributed by atoms with E-state index in [-0.39, 0.29) is 18.0 Å². The number of sulfonamides is 1. The number of para-hydroxylation sites is 1. The average Bonchev–Trinajstić information content (AvgIpc) is 2.88. The Morgan fingerprint density at radius 1 is 1.14 bits per heavy atom. The van der Waals surface area contributed by atoms with E-state index in [0.717, 1.165) is 16.5 Å². The first-order valence-corrected chi connectivity index (χ1v) is 12.5. The lowest BCUT2D eigenvalue weighted by atomic mass is 10.1. The topological polar surface area (TPSA) is 115 Å². The zero-order chi connectivity index (χ0) is 24.8. The molecule has 0 saturated carbocycles. The number of hydrogen-bond donors (Lipinski definition) is 1. The van der Waals surface area contributed by atoms with Crippen molar-refractivity contribution >= 4 is 44.6 Å². The quantitative estimate of drug-likeness (QED) is 0.396. The molecule has 2 heterocycles. The van der Waals surface area contributed by atoms with Gasteiger partial charge in [0.15, 0.2) is 6.61 Å². The SMILES string of the molecule is Cc1ccc(S(=O)(=O)N2CCOCC2)cc1NC(=O)COC(=O)/C=C/c1cccc2cccnc12. The molecule has 1 amide bonds. The van der Waals surface area contributed by atoms with Crippen molar-refractivity contribution in [3.63, 3.8) is 0 Å². The fourth-order valence-electron chi connectivity index (χ4n) is 3.62. The molecule has 0 spiro atoms. The van der Waals surface area contributed by atoms with E-state index in [4.69, 9.17) is 9.47 Å². The molecule has 182 valence electrons. The van der Waals surface area contributed by atoms with Crippen molar-refractivity contribution in [2.24, 2.45) is 0 Å². The highest BCUT2D eigenvalue weighted by Gasteiger charge is 2.27. The zero-order valence-electron chi connectivity index (χ0n) is 19.1. The molecule has 0 unspecified atom stereocenters. The lowest BCUT2D eigenvalue weighted by Crippen LogP contribution is -2.40. The standard InChI is InChI=1S/C25H25N3O6S/c1-18-7-9-21(35(31,32)28-12-14-33-15-13-28)16-22(18)27-23(29)17-34-24(30)10-8-20-5-2-4-19-6-3-11-26-25(19)20/h2-11,16H,12-15,17H2,1H3,(H,27,29)/b10-8+. The summed E-state index contributed by atoms with van der Waals surface area (Å²) >= 11 is 0. The van der Waals surface area contributed by atoms with Gasteiger partial charge in [0, 0.05) is 42.0 Å². The van der Waals surface area contributed by atoms with E-state index < -0.39 is 28.5 Å². The van der Waals surface area contributed by atoms with Crippen molar-refractivity contribution in [2.45, 2.75) is 11.8 Å². The molecule has 1 saturated heterocycles. The van der Waals surface area contributed by atoms with Crippen LogP contribution in [0.25, 0.3) is 17.0 Å². The summed E-state index contributed by atoms with van der Waals surface area (Å²) in [6.45, 7) is 2.45. The maximum absolute atomic E-state index is 12.9. The van der Waals surface area contributed by atoms with Crippen LogP contribution < -0.4 is 5.32 Å². The van der Waals surface area contributed by atoms with E-state index in [1.54, 1.807) is 25.3 Å². The van der Waals surface area contributed by atoms with Crippen LogP contribution in [-0.2, 0) is 29.1 Å². The molecule has 1 aliphatic heterocycles. The number of benzene rings is 2. The highest BCUT2D eigenvalue weighted by atomic mass is 32.2. The number of carbonyl (C=O) groups is 2. The molecule has 9 nitrogen and oxygen atoms in total. The molecular weight excluding hydrogens is 470 g/mol. The molecule has 3 aromatic rings. The normalized spacial score (nSPS) is 14.8. The minimum absolute atomic E-state index is 0.0731. The lowest BCUT2D eigenvalue weighted by molar-refractivity contribution is -0.142. The van der Waals surface area contributed by atoms with Crippen LogP contribution in [0.15, 0.2) is 65.7 Å². The Labute approximate surface area is 203 Å². The van der Waals surface area contributed by atoms with Gasteiger partial charge in [0.1, 0.15) is 0 Å². The van der Waals surface area contributed by atoms with Crippen LogP contribution in [0.5, 0.6) is 0 Å². The first kappa shape index (κ1) is 24.5. The van der Waals surface area contributed by atoms with Crippen molar-refractivity contribution in [3.05, 3.63) is 71.9 Å². The molecular formula is C25H25N3O6S. The number of nitrogens with one attached hydrogen (secondary N) is 1. The number of rotatable bonds is 7. The number of carbonyl (C=O) groups excluding carboxylic acids is 2. The number of esters is 1. The van der Waals surface area contributed by atoms with Gasteiger partial charge in [-0.15, -0.1) is 0 Å². The van der Waals surface area contributed by atoms with E-state index in [9.17, 15) is 18.0 Å². The second-order valence-corrected chi connectivity index (χ2v) is 9.84. The maximum Gasteiger partial charge on any atom is 0.331 e. The Morgan fingerprint density at radius 3 is 2.71 bits per heavy atom. The molecule has 0 atom stereocenters. The van der Waals surface area contributed by atoms with Gasteiger partial charge in [0.05, 0.1) is 23.6 Å². The number of aryl methyl sites for hydroxylation is 1. The van der Waals surface area contributed by atoms with Crippen LogP contribution in [0.1, 0.15) is 11.1 Å². The second kappa shape index (κ2) is 10.8. The molecule has 0 aliphatic carbocycles. The van der Waals surface area contributed by atoms with E-state index in [0.29, 0.717) is 24.5 Å². The van der Waals surface area contributed by atoms with E-state index in [1.165, 1.54) is 22.5 Å². The number of fused-ring (bicyclic) bond motifs is 1. The molecule has 4 rings (SSSR count). The van der Waals surface area contributed by atoms with E-state index in [1.807, 2.05) is 30.3 Å². The van der Waals surface area contributed by atoms with Gasteiger partial charge in [-0.25, -0.2) is 13.2 Å². The van der Waals surface area contributed by atoms with Crippen LogP contribution in [0.3, 0.4) is 0 Å². The molecule has 10 heteroatoms. The number of pyridine rings is 1. The number of morpholine rings is 1. The Morgan fingerprint density at radius 2 is 1.91 bits per heavy atom. The molecule has 1 aromatic heterocycles. The third-order valence-electron chi connectivity index (χ3n) is 5.50. The summed E-state index contributed by atoms with van der Waals surface area (Å²) in [6, 6.07) is 13.9. The number of amides is 1. The van der Waals surface area contributed by atoms with Crippen molar-refractivity contribution in [1.82, 2.24) is 9.29 Å². The fraction of sp³-hybridized carbons (Fsp3) is 0.240. The molecule has 1 fully saturated rings. The first-order chi connectivity index (χ1) is 16.8. The third kappa shape index (κ3) is 5.91. The largest absolute Gasteiger partial charge is 0.452 e. The zero-order valence-corrected chi connectivity index (χ0v) is 20.0. The van der Waals surface area contributed by atoms with Crippen molar-refractivity contribution in [2.75, 3.05) is 38.2 Å². The summed E-state index contributed by atoms with van der Waals surface area (Å²) in [7, 11) is -3.71. The van der Waals surface area contributed by atoms with Crippen LogP contribution in [0, 0.1) is 6.92 Å². The fourth-order valence-corrected chi connectivity index (χ4v) is 5.06. The average molecular weight is 496 g/mol. The Kier molecular flexibility index (Phi) is 7.54. The Bertz CT molecular complexity index is 1380. The van der Waals surface area contributed by atoms with Gasteiger partial charge >= 0.3 is 5.97 Å². The minimum atomic E-state index is -3.71. The van der Waals surface area contributed by atoms with Gasteiger partial charge in [0.25, 0.3) is 5.91 Å². The molecule has 0 bridgehead atoms. The van der Waals surface area contributed by atoms with Crippen LogP contribution >= 0.6 is 0 Å². The smallest absolute Gasteiger partial charge is 0.331 e. The summed E-state index contributed by atoms with van der Waals surface area (Å²) in [5, 5.41) is 3.56.